The van der Waals surface area contributed by atoms with Crippen LogP contribution in [0.1, 0.15) is 41.6 Å². The Labute approximate surface area is 119 Å². The molecular formula is C16H22N2S. The van der Waals surface area contributed by atoms with Gasteiger partial charge in [0, 0.05) is 17.8 Å². The number of aromatic nitrogens is 1. The number of nitrogens with two attached hydrogens (primary N) is 1. The number of hydrogen-bond donors (Lipinski definition) is 1. The first-order chi connectivity index (χ1) is 9.04. The fraction of sp³-hybridized carbons (Fsp3) is 0.438. The van der Waals surface area contributed by atoms with E-state index in [2.05, 4.69) is 48.5 Å². The van der Waals surface area contributed by atoms with E-state index in [0.29, 0.717) is 5.92 Å². The molecular weight excluding hydrogens is 252 g/mol. The Morgan fingerprint density at radius 3 is 2.37 bits per heavy atom. The highest BCUT2D eigenvalue weighted by Crippen LogP contribution is 2.16. The lowest BCUT2D eigenvalue weighted by Gasteiger charge is -2.11. The monoisotopic (exact) mass is 274 g/mol. The average molecular weight is 274 g/mol. The summed E-state index contributed by atoms with van der Waals surface area (Å²) in [5.74, 6) is 0.584. The molecule has 2 rings (SSSR count). The van der Waals surface area contributed by atoms with E-state index >= 15 is 0 Å². The molecule has 1 atom stereocenters. The molecule has 0 fully saturated rings. The Morgan fingerprint density at radius 1 is 1.16 bits per heavy atom. The molecule has 19 heavy (non-hydrogen) atoms. The lowest BCUT2D eigenvalue weighted by molar-refractivity contribution is 0.655. The molecule has 1 unspecified atom stereocenters. The first-order valence-corrected chi connectivity index (χ1v) is 7.68. The predicted octanol–water partition coefficient (Wildman–Crippen LogP) is 3.69. The van der Waals surface area contributed by atoms with Gasteiger partial charge in [-0.3, -0.25) is 0 Å². The molecule has 0 aliphatic rings. The summed E-state index contributed by atoms with van der Waals surface area (Å²) in [6.07, 6.45) is 1.77. The zero-order valence-electron chi connectivity index (χ0n) is 11.9. The van der Waals surface area contributed by atoms with E-state index in [1.165, 1.54) is 11.1 Å². The molecule has 0 spiro atoms. The van der Waals surface area contributed by atoms with Crippen molar-refractivity contribution in [2.45, 2.75) is 45.6 Å². The van der Waals surface area contributed by atoms with Crippen LogP contribution in [0.5, 0.6) is 0 Å². The van der Waals surface area contributed by atoms with Crippen molar-refractivity contribution in [1.29, 1.82) is 0 Å². The molecule has 2 N–H and O–H groups in total. The molecule has 0 aliphatic heterocycles. The van der Waals surface area contributed by atoms with Crippen molar-refractivity contribution in [3.63, 3.8) is 0 Å². The van der Waals surface area contributed by atoms with Gasteiger partial charge in [0.1, 0.15) is 0 Å². The summed E-state index contributed by atoms with van der Waals surface area (Å²) >= 11 is 1.69. The molecule has 0 radical (unpaired) electrons. The van der Waals surface area contributed by atoms with Gasteiger partial charge < -0.3 is 5.73 Å². The Morgan fingerprint density at radius 2 is 1.84 bits per heavy atom. The van der Waals surface area contributed by atoms with Crippen LogP contribution in [0.3, 0.4) is 0 Å². The number of hydrogen-bond acceptors (Lipinski definition) is 3. The van der Waals surface area contributed by atoms with E-state index in [9.17, 15) is 0 Å². The SMILES string of the molecule is Cc1nc(CC(N)Cc2ccc(C(C)C)cc2)cs1. The highest BCUT2D eigenvalue weighted by atomic mass is 32.1. The van der Waals surface area contributed by atoms with Crippen LogP contribution in [0.25, 0.3) is 0 Å². The van der Waals surface area contributed by atoms with Crippen LogP contribution in [0, 0.1) is 6.92 Å². The molecule has 0 bridgehead atoms. The van der Waals surface area contributed by atoms with Crippen LogP contribution in [-0.4, -0.2) is 11.0 Å². The van der Waals surface area contributed by atoms with Crippen molar-refractivity contribution in [3.05, 3.63) is 51.5 Å². The summed E-state index contributed by atoms with van der Waals surface area (Å²) in [7, 11) is 0. The Bertz CT molecular complexity index is 514. The Balaban J connectivity index is 1.93. The van der Waals surface area contributed by atoms with Gasteiger partial charge in [0.15, 0.2) is 0 Å². The molecule has 1 heterocycles. The zero-order chi connectivity index (χ0) is 13.8. The number of rotatable bonds is 5. The van der Waals surface area contributed by atoms with Crippen molar-refractivity contribution in [2.75, 3.05) is 0 Å². The lowest BCUT2D eigenvalue weighted by atomic mass is 9.98. The fourth-order valence-corrected chi connectivity index (χ4v) is 2.81. The second kappa shape index (κ2) is 6.31. The smallest absolute Gasteiger partial charge is 0.0897 e. The Kier molecular flexibility index (Phi) is 4.72. The summed E-state index contributed by atoms with van der Waals surface area (Å²) in [4.78, 5) is 4.47. The van der Waals surface area contributed by atoms with Crippen LogP contribution >= 0.6 is 11.3 Å². The van der Waals surface area contributed by atoms with Crippen LogP contribution in [0.2, 0.25) is 0 Å². The van der Waals surface area contributed by atoms with E-state index in [0.717, 1.165) is 23.5 Å². The molecule has 2 nitrogen and oxygen atoms in total. The largest absolute Gasteiger partial charge is 0.327 e. The number of aryl methyl sites for hydroxylation is 1. The number of thiazole rings is 1. The second-order valence-corrected chi connectivity index (χ2v) is 6.48. The van der Waals surface area contributed by atoms with Gasteiger partial charge in [-0.1, -0.05) is 38.1 Å². The highest BCUT2D eigenvalue weighted by Gasteiger charge is 2.08. The summed E-state index contributed by atoms with van der Waals surface area (Å²) in [5.41, 5.74) is 10.0. The average Bonchev–Trinajstić information content (AvgIpc) is 2.75. The van der Waals surface area contributed by atoms with Crippen molar-refractivity contribution in [2.24, 2.45) is 5.73 Å². The third-order valence-electron chi connectivity index (χ3n) is 3.28. The third-order valence-corrected chi connectivity index (χ3v) is 4.10. The summed E-state index contributed by atoms with van der Waals surface area (Å²) < 4.78 is 0. The highest BCUT2D eigenvalue weighted by molar-refractivity contribution is 7.09. The van der Waals surface area contributed by atoms with E-state index < -0.39 is 0 Å². The van der Waals surface area contributed by atoms with Gasteiger partial charge in [0.05, 0.1) is 10.7 Å². The zero-order valence-corrected chi connectivity index (χ0v) is 12.7. The van der Waals surface area contributed by atoms with Crippen LogP contribution in [0.15, 0.2) is 29.6 Å². The second-order valence-electron chi connectivity index (χ2n) is 5.42. The molecule has 102 valence electrons. The molecule has 3 heteroatoms. The molecule has 0 saturated heterocycles. The molecule has 0 saturated carbocycles. The van der Waals surface area contributed by atoms with Crippen molar-refractivity contribution < 1.29 is 0 Å². The summed E-state index contributed by atoms with van der Waals surface area (Å²) in [6, 6.07) is 8.95. The third kappa shape index (κ3) is 4.15. The maximum Gasteiger partial charge on any atom is 0.0897 e. The lowest BCUT2D eigenvalue weighted by Crippen LogP contribution is -2.25. The maximum atomic E-state index is 6.21. The van der Waals surface area contributed by atoms with Gasteiger partial charge in [-0.15, -0.1) is 11.3 Å². The minimum Gasteiger partial charge on any atom is -0.327 e. The standard InChI is InChI=1S/C16H22N2S/c1-11(2)14-6-4-13(5-7-14)8-15(17)9-16-10-19-12(3)18-16/h4-7,10-11,15H,8-9,17H2,1-3H3. The van der Waals surface area contributed by atoms with Crippen LogP contribution in [-0.2, 0) is 12.8 Å². The van der Waals surface area contributed by atoms with Gasteiger partial charge in [0.25, 0.3) is 0 Å². The topological polar surface area (TPSA) is 38.9 Å². The van der Waals surface area contributed by atoms with Crippen molar-refractivity contribution in [1.82, 2.24) is 4.98 Å². The van der Waals surface area contributed by atoms with E-state index in [4.69, 9.17) is 5.73 Å². The van der Waals surface area contributed by atoms with Gasteiger partial charge in [-0.2, -0.15) is 0 Å². The molecule has 0 amide bonds. The summed E-state index contributed by atoms with van der Waals surface area (Å²) in [5, 5.41) is 3.22. The van der Waals surface area contributed by atoms with Crippen LogP contribution in [0.4, 0.5) is 0 Å². The minimum absolute atomic E-state index is 0.145. The van der Waals surface area contributed by atoms with Crippen LogP contribution < -0.4 is 5.73 Å². The van der Waals surface area contributed by atoms with E-state index in [1.807, 2.05) is 6.92 Å². The molecule has 2 aromatic rings. The Hall–Kier alpha value is -1.19. The summed E-state index contributed by atoms with van der Waals surface area (Å²) in [6.45, 7) is 6.46. The maximum absolute atomic E-state index is 6.21. The quantitative estimate of drug-likeness (QED) is 0.903. The van der Waals surface area contributed by atoms with E-state index in [-0.39, 0.29) is 6.04 Å². The van der Waals surface area contributed by atoms with E-state index in [1.54, 1.807) is 11.3 Å². The predicted molar refractivity (Wildman–Crippen MR) is 82.8 cm³/mol. The number of benzene rings is 1. The molecule has 1 aromatic carbocycles. The van der Waals surface area contributed by atoms with Gasteiger partial charge in [0.2, 0.25) is 0 Å². The first-order valence-electron chi connectivity index (χ1n) is 6.80. The molecule has 1 aromatic heterocycles. The normalized spacial score (nSPS) is 12.9. The van der Waals surface area contributed by atoms with Gasteiger partial charge >= 0.3 is 0 Å². The van der Waals surface area contributed by atoms with Gasteiger partial charge in [-0.25, -0.2) is 4.98 Å². The van der Waals surface area contributed by atoms with Gasteiger partial charge in [-0.05, 0) is 30.4 Å². The molecule has 0 aliphatic carbocycles. The first kappa shape index (κ1) is 14.2. The number of nitrogens with zero attached hydrogens (tertiary/aromatic N) is 1. The minimum atomic E-state index is 0.145. The van der Waals surface area contributed by atoms with Crippen molar-refractivity contribution >= 4 is 11.3 Å². The fourth-order valence-electron chi connectivity index (χ4n) is 2.18. The van der Waals surface area contributed by atoms with Crippen molar-refractivity contribution in [3.8, 4) is 0 Å².